The lowest BCUT2D eigenvalue weighted by molar-refractivity contribution is 0.0954. The lowest BCUT2D eigenvalue weighted by atomic mass is 10.0. The molecule has 0 aromatic heterocycles. The number of rotatable bonds is 7. The van der Waals surface area contributed by atoms with Gasteiger partial charge < -0.3 is 16.0 Å². The summed E-state index contributed by atoms with van der Waals surface area (Å²) >= 11 is 0. The summed E-state index contributed by atoms with van der Waals surface area (Å²) in [5.74, 6) is 1.05. The Kier molecular flexibility index (Phi) is 7.50. The van der Waals surface area contributed by atoms with Crippen molar-refractivity contribution in [3.05, 3.63) is 71.8 Å². The molecule has 0 fully saturated rings. The van der Waals surface area contributed by atoms with Crippen molar-refractivity contribution >= 4 is 11.9 Å². The van der Waals surface area contributed by atoms with Gasteiger partial charge in [-0.2, -0.15) is 0 Å². The van der Waals surface area contributed by atoms with E-state index in [4.69, 9.17) is 0 Å². The third-order valence-electron chi connectivity index (χ3n) is 3.91. The second-order valence-electron chi connectivity index (χ2n) is 5.81. The SMILES string of the molecule is CN=C(NCCNC(=O)c1ccccc1)NCC(C)c1ccccc1. The standard InChI is InChI=1S/C20H26N4O/c1-16(17-9-5-3-6-10-17)15-24-20(21-2)23-14-13-22-19(25)18-11-7-4-8-12-18/h3-12,16H,13-15H2,1-2H3,(H,22,25)(H2,21,23,24). The van der Waals surface area contributed by atoms with Crippen LogP contribution in [0.25, 0.3) is 0 Å². The minimum atomic E-state index is -0.0666. The number of guanidine groups is 1. The number of carbonyl (C=O) groups excluding carboxylic acids is 1. The minimum absolute atomic E-state index is 0.0666. The Morgan fingerprint density at radius 1 is 0.920 bits per heavy atom. The van der Waals surface area contributed by atoms with Crippen LogP contribution in [0, 0.1) is 0 Å². The Hall–Kier alpha value is -2.82. The van der Waals surface area contributed by atoms with Gasteiger partial charge in [-0.05, 0) is 23.6 Å². The van der Waals surface area contributed by atoms with Gasteiger partial charge in [-0.15, -0.1) is 0 Å². The number of benzene rings is 2. The molecule has 0 aliphatic heterocycles. The Balaban J connectivity index is 1.67. The highest BCUT2D eigenvalue weighted by Gasteiger charge is 2.06. The van der Waals surface area contributed by atoms with Crippen LogP contribution in [-0.4, -0.2) is 38.5 Å². The predicted molar refractivity (Wildman–Crippen MR) is 103 cm³/mol. The monoisotopic (exact) mass is 338 g/mol. The molecule has 0 spiro atoms. The number of amides is 1. The van der Waals surface area contributed by atoms with Crippen molar-refractivity contribution in [3.8, 4) is 0 Å². The number of nitrogens with one attached hydrogen (secondary N) is 3. The molecule has 1 atom stereocenters. The first-order valence-corrected chi connectivity index (χ1v) is 8.53. The lowest BCUT2D eigenvalue weighted by Gasteiger charge is -2.16. The van der Waals surface area contributed by atoms with Crippen LogP contribution in [0.4, 0.5) is 0 Å². The highest BCUT2D eigenvalue weighted by molar-refractivity contribution is 5.94. The summed E-state index contributed by atoms with van der Waals surface area (Å²) in [6, 6.07) is 19.6. The number of carbonyl (C=O) groups is 1. The molecule has 132 valence electrons. The summed E-state index contributed by atoms with van der Waals surface area (Å²) in [6.45, 7) is 4.11. The Labute approximate surface area is 149 Å². The minimum Gasteiger partial charge on any atom is -0.356 e. The fourth-order valence-electron chi connectivity index (χ4n) is 2.42. The summed E-state index contributed by atoms with van der Waals surface area (Å²) in [5, 5.41) is 9.41. The third kappa shape index (κ3) is 6.30. The molecule has 1 amide bonds. The van der Waals surface area contributed by atoms with Gasteiger partial charge in [0.05, 0.1) is 0 Å². The van der Waals surface area contributed by atoms with Crippen LogP contribution < -0.4 is 16.0 Å². The molecular weight excluding hydrogens is 312 g/mol. The van der Waals surface area contributed by atoms with Crippen LogP contribution >= 0.6 is 0 Å². The summed E-state index contributed by atoms with van der Waals surface area (Å²) < 4.78 is 0. The van der Waals surface area contributed by atoms with Crippen molar-refractivity contribution in [2.45, 2.75) is 12.8 Å². The molecule has 5 nitrogen and oxygen atoms in total. The van der Waals surface area contributed by atoms with E-state index in [1.807, 2.05) is 36.4 Å². The van der Waals surface area contributed by atoms with E-state index in [2.05, 4.69) is 40.0 Å². The predicted octanol–water partition coefficient (Wildman–Crippen LogP) is 2.39. The molecule has 0 saturated carbocycles. The Morgan fingerprint density at radius 3 is 2.16 bits per heavy atom. The molecule has 0 saturated heterocycles. The van der Waals surface area contributed by atoms with E-state index in [1.54, 1.807) is 19.2 Å². The molecule has 2 aromatic rings. The molecule has 3 N–H and O–H groups in total. The Morgan fingerprint density at radius 2 is 1.52 bits per heavy atom. The van der Waals surface area contributed by atoms with Gasteiger partial charge in [-0.25, -0.2) is 0 Å². The quantitative estimate of drug-likeness (QED) is 0.413. The Bertz CT molecular complexity index is 671. The average Bonchev–Trinajstić information content (AvgIpc) is 2.68. The molecule has 0 bridgehead atoms. The average molecular weight is 338 g/mol. The smallest absolute Gasteiger partial charge is 0.251 e. The largest absolute Gasteiger partial charge is 0.356 e. The van der Waals surface area contributed by atoms with Crippen molar-refractivity contribution in [2.24, 2.45) is 4.99 Å². The maximum Gasteiger partial charge on any atom is 0.251 e. The van der Waals surface area contributed by atoms with E-state index in [1.165, 1.54) is 5.56 Å². The molecule has 0 radical (unpaired) electrons. The maximum atomic E-state index is 11.9. The van der Waals surface area contributed by atoms with E-state index in [0.29, 0.717) is 24.6 Å². The van der Waals surface area contributed by atoms with Gasteiger partial charge in [0.1, 0.15) is 0 Å². The van der Waals surface area contributed by atoms with E-state index < -0.39 is 0 Å². The number of hydrogen-bond donors (Lipinski definition) is 3. The van der Waals surface area contributed by atoms with Gasteiger partial charge in [0, 0.05) is 32.2 Å². The van der Waals surface area contributed by atoms with E-state index in [0.717, 1.165) is 12.5 Å². The number of aliphatic imine (C=N–C) groups is 1. The molecule has 0 aliphatic carbocycles. The van der Waals surface area contributed by atoms with Gasteiger partial charge in [-0.1, -0.05) is 55.5 Å². The summed E-state index contributed by atoms with van der Waals surface area (Å²) in [7, 11) is 1.74. The first kappa shape index (κ1) is 18.5. The van der Waals surface area contributed by atoms with Gasteiger partial charge in [0.15, 0.2) is 5.96 Å². The van der Waals surface area contributed by atoms with Gasteiger partial charge in [0.25, 0.3) is 5.91 Å². The van der Waals surface area contributed by atoms with Crippen LogP contribution in [0.2, 0.25) is 0 Å². The molecule has 2 rings (SSSR count). The van der Waals surface area contributed by atoms with Gasteiger partial charge in [0.2, 0.25) is 0 Å². The summed E-state index contributed by atoms with van der Waals surface area (Å²) in [4.78, 5) is 16.2. The topological polar surface area (TPSA) is 65.5 Å². The normalized spacial score (nSPS) is 12.3. The highest BCUT2D eigenvalue weighted by Crippen LogP contribution is 2.12. The third-order valence-corrected chi connectivity index (χ3v) is 3.91. The van der Waals surface area contributed by atoms with E-state index >= 15 is 0 Å². The van der Waals surface area contributed by atoms with Gasteiger partial charge >= 0.3 is 0 Å². The molecule has 0 heterocycles. The van der Waals surface area contributed by atoms with Crippen LogP contribution in [0.3, 0.4) is 0 Å². The number of hydrogen-bond acceptors (Lipinski definition) is 2. The maximum absolute atomic E-state index is 11.9. The van der Waals surface area contributed by atoms with Crippen molar-refractivity contribution in [1.82, 2.24) is 16.0 Å². The molecule has 0 aliphatic rings. The van der Waals surface area contributed by atoms with Crippen molar-refractivity contribution in [2.75, 3.05) is 26.7 Å². The van der Waals surface area contributed by atoms with Crippen LogP contribution in [0.5, 0.6) is 0 Å². The fourth-order valence-corrected chi connectivity index (χ4v) is 2.42. The van der Waals surface area contributed by atoms with Crippen LogP contribution in [0.15, 0.2) is 65.7 Å². The summed E-state index contributed by atoms with van der Waals surface area (Å²) in [5.41, 5.74) is 1.96. The van der Waals surface area contributed by atoms with Gasteiger partial charge in [-0.3, -0.25) is 9.79 Å². The fraction of sp³-hybridized carbons (Fsp3) is 0.300. The zero-order valence-corrected chi connectivity index (χ0v) is 14.8. The summed E-state index contributed by atoms with van der Waals surface area (Å²) in [6.07, 6.45) is 0. The zero-order chi connectivity index (χ0) is 17.9. The molecule has 2 aromatic carbocycles. The first-order chi connectivity index (χ1) is 12.2. The van der Waals surface area contributed by atoms with Crippen LogP contribution in [0.1, 0.15) is 28.8 Å². The molecule has 5 heteroatoms. The van der Waals surface area contributed by atoms with Crippen LogP contribution in [-0.2, 0) is 0 Å². The van der Waals surface area contributed by atoms with Crippen molar-refractivity contribution < 1.29 is 4.79 Å². The highest BCUT2D eigenvalue weighted by atomic mass is 16.1. The lowest BCUT2D eigenvalue weighted by Crippen LogP contribution is -2.42. The molecule has 25 heavy (non-hydrogen) atoms. The number of nitrogens with zero attached hydrogens (tertiary/aromatic N) is 1. The van der Waals surface area contributed by atoms with Crippen molar-refractivity contribution in [3.63, 3.8) is 0 Å². The van der Waals surface area contributed by atoms with Crippen molar-refractivity contribution in [1.29, 1.82) is 0 Å². The van der Waals surface area contributed by atoms with E-state index in [-0.39, 0.29) is 5.91 Å². The second kappa shape index (κ2) is 10.1. The molecule has 1 unspecified atom stereocenters. The second-order valence-corrected chi connectivity index (χ2v) is 5.81. The van der Waals surface area contributed by atoms with E-state index in [9.17, 15) is 4.79 Å². The first-order valence-electron chi connectivity index (χ1n) is 8.53. The molecular formula is C20H26N4O. The zero-order valence-electron chi connectivity index (χ0n) is 14.8.